The third kappa shape index (κ3) is 5.41. The van der Waals surface area contributed by atoms with Gasteiger partial charge < -0.3 is 20.3 Å². The van der Waals surface area contributed by atoms with Gasteiger partial charge in [0.05, 0.1) is 6.54 Å². The summed E-state index contributed by atoms with van der Waals surface area (Å²) in [5.41, 5.74) is 1.60. The third-order valence-electron chi connectivity index (χ3n) is 4.96. The first-order chi connectivity index (χ1) is 12.0. The molecule has 0 aromatic heterocycles. The fourth-order valence-electron chi connectivity index (χ4n) is 3.03. The summed E-state index contributed by atoms with van der Waals surface area (Å²) in [4.78, 5) is 6.89. The molecular formula is C19H31FN4O. The fraction of sp³-hybridized carbons (Fsp3) is 0.632. The van der Waals surface area contributed by atoms with Crippen molar-refractivity contribution >= 4 is 5.96 Å². The summed E-state index contributed by atoms with van der Waals surface area (Å²) < 4.78 is 19.2. The predicted octanol–water partition coefficient (Wildman–Crippen LogP) is 2.30. The molecule has 1 aliphatic rings. The Labute approximate surface area is 150 Å². The molecule has 1 saturated heterocycles. The minimum Gasteiger partial charge on any atom is -0.381 e. The number of nitrogens with zero attached hydrogens (tertiary/aromatic N) is 2. The molecule has 25 heavy (non-hydrogen) atoms. The van der Waals surface area contributed by atoms with Gasteiger partial charge in [0, 0.05) is 31.8 Å². The van der Waals surface area contributed by atoms with E-state index in [1.165, 1.54) is 0 Å². The van der Waals surface area contributed by atoms with Crippen LogP contribution in [0.2, 0.25) is 0 Å². The second-order valence-electron chi connectivity index (χ2n) is 6.86. The van der Waals surface area contributed by atoms with E-state index in [4.69, 9.17) is 4.74 Å². The van der Waals surface area contributed by atoms with E-state index in [0.29, 0.717) is 12.1 Å². The molecule has 1 aromatic rings. The first-order valence-electron chi connectivity index (χ1n) is 8.99. The number of hydrogen-bond acceptors (Lipinski definition) is 3. The molecule has 5 nitrogen and oxygen atoms in total. The van der Waals surface area contributed by atoms with Gasteiger partial charge in [0.15, 0.2) is 5.96 Å². The van der Waals surface area contributed by atoms with Crippen LogP contribution in [0.15, 0.2) is 23.2 Å². The van der Waals surface area contributed by atoms with Crippen molar-refractivity contribution in [2.45, 2.75) is 38.8 Å². The van der Waals surface area contributed by atoms with Crippen LogP contribution in [0, 0.1) is 12.7 Å². The van der Waals surface area contributed by atoms with Gasteiger partial charge in [-0.3, -0.25) is 0 Å². The summed E-state index contributed by atoms with van der Waals surface area (Å²) >= 11 is 0. The lowest BCUT2D eigenvalue weighted by atomic mass is 9.88. The third-order valence-corrected chi connectivity index (χ3v) is 4.96. The molecule has 0 saturated carbocycles. The van der Waals surface area contributed by atoms with Crippen molar-refractivity contribution < 1.29 is 9.13 Å². The van der Waals surface area contributed by atoms with Crippen LogP contribution in [0.4, 0.5) is 4.39 Å². The highest BCUT2D eigenvalue weighted by Crippen LogP contribution is 2.25. The molecule has 2 rings (SSSR count). The minimum atomic E-state index is -0.181. The van der Waals surface area contributed by atoms with Gasteiger partial charge in [-0.1, -0.05) is 12.1 Å². The number of rotatable bonds is 6. The Hall–Kier alpha value is -1.66. The van der Waals surface area contributed by atoms with E-state index in [2.05, 4.69) is 34.6 Å². The summed E-state index contributed by atoms with van der Waals surface area (Å²) in [5, 5.41) is 6.73. The van der Waals surface area contributed by atoms with Gasteiger partial charge in [-0.15, -0.1) is 0 Å². The highest BCUT2D eigenvalue weighted by Gasteiger charge is 2.34. The highest BCUT2D eigenvalue weighted by atomic mass is 19.1. The zero-order valence-corrected chi connectivity index (χ0v) is 15.9. The molecule has 0 unspecified atom stereocenters. The van der Waals surface area contributed by atoms with Crippen molar-refractivity contribution in [1.82, 2.24) is 15.5 Å². The van der Waals surface area contributed by atoms with Crippen molar-refractivity contribution in [1.29, 1.82) is 0 Å². The number of nitrogens with one attached hydrogen (secondary N) is 2. The quantitative estimate of drug-likeness (QED) is 0.611. The zero-order chi connectivity index (χ0) is 18.3. The number of likely N-dealkylation sites (N-methyl/N-ethyl adjacent to an activating group) is 1. The van der Waals surface area contributed by atoms with Gasteiger partial charge >= 0.3 is 0 Å². The molecular weight excluding hydrogens is 319 g/mol. The van der Waals surface area contributed by atoms with E-state index in [0.717, 1.165) is 50.7 Å². The molecule has 0 spiro atoms. The average molecular weight is 350 g/mol. The standard InChI is InChI=1S/C19H31FN4O/c1-5-21-18(22-13-16-7-6-15(2)17(20)12-16)23-14-19(24(3)4)8-10-25-11-9-19/h6-7,12H,5,8-11,13-14H2,1-4H3,(H2,21,22,23). The average Bonchev–Trinajstić information content (AvgIpc) is 2.61. The Bertz CT molecular complexity index is 583. The lowest BCUT2D eigenvalue weighted by molar-refractivity contribution is -0.00501. The zero-order valence-electron chi connectivity index (χ0n) is 15.9. The summed E-state index contributed by atoms with van der Waals surface area (Å²) in [6, 6.07) is 5.27. The number of ether oxygens (including phenoxy) is 1. The number of halogens is 1. The maximum absolute atomic E-state index is 13.7. The number of aliphatic imine (C=N–C) groups is 1. The van der Waals surface area contributed by atoms with Crippen LogP contribution >= 0.6 is 0 Å². The van der Waals surface area contributed by atoms with E-state index in [1.807, 2.05) is 13.0 Å². The highest BCUT2D eigenvalue weighted by molar-refractivity contribution is 5.79. The Morgan fingerprint density at radius 3 is 2.60 bits per heavy atom. The number of hydrogen-bond donors (Lipinski definition) is 2. The number of aryl methyl sites for hydroxylation is 1. The smallest absolute Gasteiger partial charge is 0.191 e. The lowest BCUT2D eigenvalue weighted by Gasteiger charge is -2.43. The van der Waals surface area contributed by atoms with Gasteiger partial charge in [0.2, 0.25) is 0 Å². The van der Waals surface area contributed by atoms with Crippen molar-refractivity contribution in [3.05, 3.63) is 35.1 Å². The molecule has 0 radical (unpaired) electrons. The fourth-order valence-corrected chi connectivity index (χ4v) is 3.03. The Balaban J connectivity index is 2.02. The predicted molar refractivity (Wildman–Crippen MR) is 100 cm³/mol. The van der Waals surface area contributed by atoms with E-state index in [9.17, 15) is 4.39 Å². The number of benzene rings is 1. The molecule has 2 N–H and O–H groups in total. The van der Waals surface area contributed by atoms with E-state index in [-0.39, 0.29) is 11.4 Å². The summed E-state index contributed by atoms with van der Waals surface area (Å²) in [6.45, 7) is 7.42. The molecule has 1 aliphatic heterocycles. The molecule has 0 aliphatic carbocycles. The van der Waals surface area contributed by atoms with Crippen LogP contribution in [0.25, 0.3) is 0 Å². The van der Waals surface area contributed by atoms with Crippen molar-refractivity contribution in [3.63, 3.8) is 0 Å². The van der Waals surface area contributed by atoms with Gasteiger partial charge in [-0.05, 0) is 58.0 Å². The van der Waals surface area contributed by atoms with E-state index in [1.54, 1.807) is 19.1 Å². The van der Waals surface area contributed by atoms with Gasteiger partial charge in [0.1, 0.15) is 5.82 Å². The molecule has 1 aromatic carbocycles. The van der Waals surface area contributed by atoms with Crippen molar-refractivity contribution in [2.75, 3.05) is 40.4 Å². The second-order valence-corrected chi connectivity index (χ2v) is 6.86. The largest absolute Gasteiger partial charge is 0.381 e. The van der Waals surface area contributed by atoms with Crippen molar-refractivity contribution in [3.8, 4) is 0 Å². The first kappa shape index (κ1) is 19.7. The molecule has 6 heteroatoms. The minimum absolute atomic E-state index is 0.0738. The SMILES string of the molecule is CCNC(=NCc1ccc(C)c(F)c1)NCC1(N(C)C)CCOCC1. The Morgan fingerprint density at radius 2 is 2.00 bits per heavy atom. The summed E-state index contributed by atoms with van der Waals surface area (Å²) in [5.74, 6) is 0.579. The summed E-state index contributed by atoms with van der Waals surface area (Å²) in [7, 11) is 4.23. The van der Waals surface area contributed by atoms with Crippen LogP contribution in [0.5, 0.6) is 0 Å². The monoisotopic (exact) mass is 350 g/mol. The molecule has 1 heterocycles. The van der Waals surface area contributed by atoms with Gasteiger partial charge in [-0.2, -0.15) is 0 Å². The van der Waals surface area contributed by atoms with Gasteiger partial charge in [0.25, 0.3) is 0 Å². The molecule has 140 valence electrons. The van der Waals surface area contributed by atoms with E-state index < -0.39 is 0 Å². The Kier molecular flexibility index (Phi) is 7.20. The van der Waals surface area contributed by atoms with Crippen LogP contribution in [-0.2, 0) is 11.3 Å². The van der Waals surface area contributed by atoms with Crippen LogP contribution in [0.1, 0.15) is 30.9 Å². The molecule has 0 atom stereocenters. The molecule has 0 amide bonds. The maximum Gasteiger partial charge on any atom is 0.191 e. The van der Waals surface area contributed by atoms with E-state index >= 15 is 0 Å². The topological polar surface area (TPSA) is 48.9 Å². The first-order valence-corrected chi connectivity index (χ1v) is 8.99. The van der Waals surface area contributed by atoms with Crippen LogP contribution in [-0.4, -0.2) is 56.8 Å². The summed E-state index contributed by atoms with van der Waals surface area (Å²) in [6.07, 6.45) is 1.99. The van der Waals surface area contributed by atoms with Crippen LogP contribution < -0.4 is 10.6 Å². The van der Waals surface area contributed by atoms with Crippen molar-refractivity contribution in [2.24, 2.45) is 4.99 Å². The second kappa shape index (κ2) is 9.15. The Morgan fingerprint density at radius 1 is 1.28 bits per heavy atom. The normalized spacial score (nSPS) is 17.6. The molecule has 1 fully saturated rings. The maximum atomic E-state index is 13.7. The van der Waals surface area contributed by atoms with Gasteiger partial charge in [-0.25, -0.2) is 9.38 Å². The lowest BCUT2D eigenvalue weighted by Crippen LogP contribution is -2.57. The number of guanidine groups is 1. The van der Waals surface area contributed by atoms with Crippen LogP contribution in [0.3, 0.4) is 0 Å². The molecule has 0 bridgehead atoms.